The Labute approximate surface area is 112 Å². The number of carbonyl (C=O) groups is 1. The fraction of sp³-hybridized carbons (Fsp3) is 0.214. The molecule has 2 rings (SSSR count). The Morgan fingerprint density at radius 1 is 1.26 bits per heavy atom. The van der Waals surface area contributed by atoms with Gasteiger partial charge in [0.05, 0.1) is 5.56 Å². The van der Waals surface area contributed by atoms with E-state index in [4.69, 9.17) is 0 Å². The van der Waals surface area contributed by atoms with Crippen LogP contribution >= 0.6 is 0 Å². The normalized spacial score (nSPS) is 10.0. The van der Waals surface area contributed by atoms with Crippen molar-refractivity contribution in [3.63, 3.8) is 0 Å². The lowest BCUT2D eigenvalue weighted by Gasteiger charge is -2.20. The van der Waals surface area contributed by atoms with E-state index in [9.17, 15) is 4.79 Å². The lowest BCUT2D eigenvalue weighted by molar-refractivity contribution is 0.0988. The molecule has 0 bridgehead atoms. The van der Waals surface area contributed by atoms with Gasteiger partial charge in [-0.05, 0) is 31.2 Å². The predicted octanol–water partition coefficient (Wildman–Crippen LogP) is 2.18. The first-order valence-electron chi connectivity index (χ1n) is 6.12. The summed E-state index contributed by atoms with van der Waals surface area (Å²) in [5.41, 5.74) is 1.40. The van der Waals surface area contributed by atoms with Crippen LogP contribution in [0.25, 0.3) is 0 Å². The molecular weight excluding hydrogens is 240 g/mol. The highest BCUT2D eigenvalue weighted by molar-refractivity contribution is 6.05. The monoisotopic (exact) mass is 256 g/mol. The topological polar surface area (TPSA) is 58.1 Å². The van der Waals surface area contributed by atoms with Gasteiger partial charge in [-0.2, -0.15) is 0 Å². The Morgan fingerprint density at radius 2 is 2.00 bits per heavy atom. The van der Waals surface area contributed by atoms with Gasteiger partial charge in [0.25, 0.3) is 5.91 Å². The van der Waals surface area contributed by atoms with Crippen LogP contribution in [0.15, 0.2) is 42.9 Å². The van der Waals surface area contributed by atoms with Gasteiger partial charge in [0.1, 0.15) is 5.82 Å². The molecule has 2 aromatic rings. The maximum Gasteiger partial charge on any atom is 0.259 e. The van der Waals surface area contributed by atoms with Crippen LogP contribution in [-0.2, 0) is 0 Å². The molecule has 0 saturated heterocycles. The molecule has 5 heteroatoms. The van der Waals surface area contributed by atoms with Crippen LogP contribution in [0.1, 0.15) is 17.3 Å². The summed E-state index contributed by atoms with van der Waals surface area (Å²) in [6, 6.07) is 7.19. The van der Waals surface area contributed by atoms with E-state index in [0.29, 0.717) is 12.1 Å². The third-order valence-electron chi connectivity index (χ3n) is 2.80. The summed E-state index contributed by atoms with van der Waals surface area (Å²) in [6.07, 6.45) is 4.93. The van der Waals surface area contributed by atoms with Crippen molar-refractivity contribution in [2.24, 2.45) is 0 Å². The maximum absolute atomic E-state index is 12.4. The lowest BCUT2D eigenvalue weighted by Crippen LogP contribution is -2.30. The second kappa shape index (κ2) is 5.95. The highest BCUT2D eigenvalue weighted by atomic mass is 16.2. The van der Waals surface area contributed by atoms with E-state index < -0.39 is 0 Å². The molecule has 0 aliphatic rings. The van der Waals surface area contributed by atoms with Gasteiger partial charge in [0, 0.05) is 37.9 Å². The number of aromatic nitrogens is 2. The van der Waals surface area contributed by atoms with Crippen molar-refractivity contribution in [3.05, 3.63) is 48.4 Å². The number of hydrogen-bond donors (Lipinski definition) is 1. The first-order chi connectivity index (χ1) is 9.26. The summed E-state index contributed by atoms with van der Waals surface area (Å²) in [6.45, 7) is 2.53. The van der Waals surface area contributed by atoms with Crippen molar-refractivity contribution in [1.29, 1.82) is 0 Å². The first-order valence-corrected chi connectivity index (χ1v) is 6.12. The van der Waals surface area contributed by atoms with Crippen LogP contribution in [0.2, 0.25) is 0 Å². The molecule has 0 fully saturated rings. The quantitative estimate of drug-likeness (QED) is 0.911. The average molecular weight is 256 g/mol. The number of pyridine rings is 2. The molecule has 0 aliphatic carbocycles. The second-order valence-corrected chi connectivity index (χ2v) is 3.94. The molecule has 0 radical (unpaired) electrons. The zero-order valence-electron chi connectivity index (χ0n) is 11.0. The minimum absolute atomic E-state index is 0.0659. The minimum Gasteiger partial charge on any atom is -0.373 e. The standard InChI is InChI=1S/C14H16N4O/c1-3-18(12-6-8-16-9-7-12)14(19)11-4-5-13(15-2)17-10-11/h4-10H,3H2,1-2H3,(H,15,17). The number of anilines is 2. The summed E-state index contributed by atoms with van der Waals surface area (Å²) >= 11 is 0. The Morgan fingerprint density at radius 3 is 2.53 bits per heavy atom. The zero-order chi connectivity index (χ0) is 13.7. The van der Waals surface area contributed by atoms with E-state index in [2.05, 4.69) is 15.3 Å². The lowest BCUT2D eigenvalue weighted by atomic mass is 10.2. The van der Waals surface area contributed by atoms with Gasteiger partial charge in [0.15, 0.2) is 0 Å². The van der Waals surface area contributed by atoms with Crippen LogP contribution in [0.5, 0.6) is 0 Å². The maximum atomic E-state index is 12.4. The smallest absolute Gasteiger partial charge is 0.259 e. The van der Waals surface area contributed by atoms with Gasteiger partial charge >= 0.3 is 0 Å². The van der Waals surface area contributed by atoms with Gasteiger partial charge in [-0.3, -0.25) is 9.78 Å². The molecule has 0 aromatic carbocycles. The van der Waals surface area contributed by atoms with E-state index in [1.807, 2.05) is 19.1 Å². The number of nitrogens with zero attached hydrogens (tertiary/aromatic N) is 3. The number of rotatable bonds is 4. The van der Waals surface area contributed by atoms with Crippen LogP contribution in [-0.4, -0.2) is 29.5 Å². The van der Waals surface area contributed by atoms with E-state index in [0.717, 1.165) is 11.5 Å². The SMILES string of the molecule is CCN(C(=O)c1ccc(NC)nc1)c1ccncc1. The van der Waals surface area contributed by atoms with Gasteiger partial charge < -0.3 is 10.2 Å². The number of amides is 1. The molecular formula is C14H16N4O. The van der Waals surface area contributed by atoms with Gasteiger partial charge in [-0.25, -0.2) is 4.98 Å². The van der Waals surface area contributed by atoms with Gasteiger partial charge in [0.2, 0.25) is 0 Å². The van der Waals surface area contributed by atoms with Crippen molar-refractivity contribution < 1.29 is 4.79 Å². The van der Waals surface area contributed by atoms with Crippen molar-refractivity contribution in [2.75, 3.05) is 23.8 Å². The Balaban J connectivity index is 2.25. The largest absolute Gasteiger partial charge is 0.373 e. The number of hydrogen-bond acceptors (Lipinski definition) is 4. The van der Waals surface area contributed by atoms with E-state index in [-0.39, 0.29) is 5.91 Å². The van der Waals surface area contributed by atoms with E-state index >= 15 is 0 Å². The first kappa shape index (κ1) is 13.0. The van der Waals surface area contributed by atoms with E-state index in [1.54, 1.807) is 42.7 Å². The fourth-order valence-electron chi connectivity index (χ4n) is 1.79. The molecule has 0 spiro atoms. The number of carbonyl (C=O) groups excluding carboxylic acids is 1. The molecule has 98 valence electrons. The molecule has 0 unspecified atom stereocenters. The van der Waals surface area contributed by atoms with Crippen LogP contribution < -0.4 is 10.2 Å². The predicted molar refractivity (Wildman–Crippen MR) is 75.4 cm³/mol. The molecule has 0 aliphatic heterocycles. The van der Waals surface area contributed by atoms with Crippen molar-refractivity contribution in [1.82, 2.24) is 9.97 Å². The molecule has 0 saturated carbocycles. The zero-order valence-corrected chi connectivity index (χ0v) is 11.0. The van der Waals surface area contributed by atoms with Crippen molar-refractivity contribution in [2.45, 2.75) is 6.92 Å². The Kier molecular flexibility index (Phi) is 4.07. The molecule has 1 amide bonds. The molecule has 0 atom stereocenters. The van der Waals surface area contributed by atoms with Gasteiger partial charge in [-0.1, -0.05) is 0 Å². The molecule has 5 nitrogen and oxygen atoms in total. The number of nitrogens with one attached hydrogen (secondary N) is 1. The minimum atomic E-state index is -0.0659. The highest BCUT2D eigenvalue weighted by Gasteiger charge is 2.16. The molecule has 2 aromatic heterocycles. The summed E-state index contributed by atoms with van der Waals surface area (Å²) in [5.74, 6) is 0.673. The molecule has 19 heavy (non-hydrogen) atoms. The third-order valence-corrected chi connectivity index (χ3v) is 2.80. The van der Waals surface area contributed by atoms with Gasteiger partial charge in [-0.15, -0.1) is 0 Å². The van der Waals surface area contributed by atoms with Crippen LogP contribution in [0.4, 0.5) is 11.5 Å². The summed E-state index contributed by atoms with van der Waals surface area (Å²) < 4.78 is 0. The van der Waals surface area contributed by atoms with Crippen LogP contribution in [0.3, 0.4) is 0 Å². The van der Waals surface area contributed by atoms with Crippen LogP contribution in [0, 0.1) is 0 Å². The summed E-state index contributed by atoms with van der Waals surface area (Å²) in [7, 11) is 1.79. The van der Waals surface area contributed by atoms with E-state index in [1.165, 1.54) is 0 Å². The summed E-state index contributed by atoms with van der Waals surface area (Å²) in [5, 5.41) is 2.92. The van der Waals surface area contributed by atoms with Crippen molar-refractivity contribution >= 4 is 17.4 Å². The Bertz CT molecular complexity index is 539. The Hall–Kier alpha value is -2.43. The molecule has 1 N–H and O–H groups in total. The summed E-state index contributed by atoms with van der Waals surface area (Å²) in [4.78, 5) is 22.2. The third kappa shape index (κ3) is 2.88. The average Bonchev–Trinajstić information content (AvgIpc) is 2.49. The second-order valence-electron chi connectivity index (χ2n) is 3.94. The molecule has 2 heterocycles. The highest BCUT2D eigenvalue weighted by Crippen LogP contribution is 2.16. The fourth-order valence-corrected chi connectivity index (χ4v) is 1.79. The van der Waals surface area contributed by atoms with Crippen molar-refractivity contribution in [3.8, 4) is 0 Å².